The van der Waals surface area contributed by atoms with Crippen LogP contribution in [0.4, 0.5) is 4.39 Å². The van der Waals surface area contributed by atoms with E-state index in [0.29, 0.717) is 6.54 Å². The molecule has 160 valence electrons. The van der Waals surface area contributed by atoms with E-state index in [1.54, 1.807) is 24.5 Å². The number of amides is 2. The minimum absolute atomic E-state index is 0.0495. The van der Waals surface area contributed by atoms with Gasteiger partial charge in [-0.05, 0) is 35.9 Å². The van der Waals surface area contributed by atoms with Gasteiger partial charge in [0.15, 0.2) is 0 Å². The van der Waals surface area contributed by atoms with Gasteiger partial charge in [-0.15, -0.1) is 0 Å². The Bertz CT molecular complexity index is 823. The van der Waals surface area contributed by atoms with Crippen molar-refractivity contribution in [3.63, 3.8) is 0 Å². The van der Waals surface area contributed by atoms with Crippen molar-refractivity contribution in [2.24, 2.45) is 0 Å². The highest BCUT2D eigenvalue weighted by Gasteiger charge is 2.26. The van der Waals surface area contributed by atoms with Crippen LogP contribution in [-0.2, 0) is 16.1 Å². The van der Waals surface area contributed by atoms with Crippen molar-refractivity contribution in [3.8, 4) is 0 Å². The second kappa shape index (κ2) is 10.8. The number of nitrogens with zero attached hydrogens (tertiary/aromatic N) is 3. The van der Waals surface area contributed by atoms with Gasteiger partial charge in [0.1, 0.15) is 5.82 Å². The van der Waals surface area contributed by atoms with E-state index in [1.165, 1.54) is 12.1 Å². The Morgan fingerprint density at radius 1 is 1.07 bits per heavy atom. The molecule has 1 aliphatic heterocycles. The number of pyridine rings is 1. The first-order valence-electron chi connectivity index (χ1n) is 10.2. The van der Waals surface area contributed by atoms with Crippen LogP contribution in [0.25, 0.3) is 0 Å². The molecular formula is C22H28FN5O2. The number of benzene rings is 1. The molecule has 1 unspecified atom stereocenters. The number of carbonyl (C=O) groups excluding carboxylic acids is 2. The second-order valence-electron chi connectivity index (χ2n) is 7.29. The fraction of sp³-hybridized carbons (Fsp3) is 0.409. The third-order valence-corrected chi connectivity index (χ3v) is 5.39. The first kappa shape index (κ1) is 21.9. The van der Waals surface area contributed by atoms with Crippen LogP contribution in [0, 0.1) is 5.82 Å². The fourth-order valence-electron chi connectivity index (χ4n) is 3.56. The molecule has 1 atom stereocenters. The Balaban J connectivity index is 1.55. The van der Waals surface area contributed by atoms with E-state index in [9.17, 15) is 14.0 Å². The highest BCUT2D eigenvalue weighted by molar-refractivity contribution is 6.35. The maximum atomic E-state index is 13.0. The van der Waals surface area contributed by atoms with E-state index >= 15 is 0 Å². The van der Waals surface area contributed by atoms with Crippen molar-refractivity contribution in [3.05, 3.63) is 65.7 Å². The van der Waals surface area contributed by atoms with Crippen molar-refractivity contribution in [2.75, 3.05) is 39.3 Å². The normalized spacial score (nSPS) is 16.1. The van der Waals surface area contributed by atoms with Gasteiger partial charge < -0.3 is 15.5 Å². The number of halogens is 1. The average Bonchev–Trinajstić information content (AvgIpc) is 2.79. The maximum absolute atomic E-state index is 13.0. The molecule has 2 N–H and O–H groups in total. The van der Waals surface area contributed by atoms with Gasteiger partial charge in [-0.2, -0.15) is 0 Å². The minimum Gasteiger partial charge on any atom is -0.346 e. The van der Waals surface area contributed by atoms with Gasteiger partial charge in [-0.1, -0.05) is 25.1 Å². The summed E-state index contributed by atoms with van der Waals surface area (Å²) in [7, 11) is 0. The molecular weight excluding hydrogens is 385 g/mol. The van der Waals surface area contributed by atoms with Crippen LogP contribution in [0.2, 0.25) is 0 Å². The van der Waals surface area contributed by atoms with Crippen molar-refractivity contribution in [1.82, 2.24) is 25.4 Å². The molecule has 0 radical (unpaired) electrons. The third-order valence-electron chi connectivity index (χ3n) is 5.39. The number of hydrogen-bond donors (Lipinski definition) is 2. The van der Waals surface area contributed by atoms with E-state index in [4.69, 9.17) is 0 Å². The summed E-state index contributed by atoms with van der Waals surface area (Å²) in [6.45, 7) is 7.38. The molecule has 1 fully saturated rings. The highest BCUT2D eigenvalue weighted by Crippen LogP contribution is 2.21. The molecule has 3 rings (SSSR count). The summed E-state index contributed by atoms with van der Waals surface area (Å²) in [6.07, 6.45) is 3.52. The third kappa shape index (κ3) is 6.08. The lowest BCUT2D eigenvalue weighted by Crippen LogP contribution is -2.50. The van der Waals surface area contributed by atoms with Crippen molar-refractivity contribution >= 4 is 11.8 Å². The number of aromatic nitrogens is 1. The molecule has 0 spiro atoms. The van der Waals surface area contributed by atoms with Gasteiger partial charge in [0.25, 0.3) is 0 Å². The molecule has 1 aromatic heterocycles. The van der Waals surface area contributed by atoms with Gasteiger partial charge in [0.2, 0.25) is 0 Å². The highest BCUT2D eigenvalue weighted by atomic mass is 19.1. The van der Waals surface area contributed by atoms with Crippen LogP contribution < -0.4 is 10.6 Å². The van der Waals surface area contributed by atoms with Crippen LogP contribution in [-0.4, -0.2) is 65.9 Å². The summed E-state index contributed by atoms with van der Waals surface area (Å²) in [5.74, 6) is -1.73. The van der Waals surface area contributed by atoms with Crippen LogP contribution >= 0.6 is 0 Å². The van der Waals surface area contributed by atoms with Crippen molar-refractivity contribution < 1.29 is 14.0 Å². The summed E-state index contributed by atoms with van der Waals surface area (Å²) in [5.41, 5.74) is 1.73. The Kier molecular flexibility index (Phi) is 7.87. The van der Waals surface area contributed by atoms with Crippen LogP contribution in [0.15, 0.2) is 48.8 Å². The number of carbonyl (C=O) groups is 2. The first-order valence-corrected chi connectivity index (χ1v) is 10.2. The number of piperazine rings is 1. The monoisotopic (exact) mass is 413 g/mol. The van der Waals surface area contributed by atoms with E-state index in [-0.39, 0.29) is 18.4 Å². The lowest BCUT2D eigenvalue weighted by Gasteiger charge is -2.39. The van der Waals surface area contributed by atoms with Gasteiger partial charge in [-0.3, -0.25) is 19.5 Å². The van der Waals surface area contributed by atoms with Gasteiger partial charge >= 0.3 is 11.8 Å². The smallest absolute Gasteiger partial charge is 0.309 e. The zero-order chi connectivity index (χ0) is 21.3. The Morgan fingerprint density at radius 3 is 2.40 bits per heavy atom. The molecule has 2 heterocycles. The summed E-state index contributed by atoms with van der Waals surface area (Å²) in [4.78, 5) is 33.4. The Hall–Kier alpha value is -2.84. The predicted octanol–water partition coefficient (Wildman–Crippen LogP) is 1.33. The molecule has 0 aliphatic carbocycles. The molecule has 7 nitrogen and oxygen atoms in total. The summed E-state index contributed by atoms with van der Waals surface area (Å²) < 4.78 is 13.0. The van der Waals surface area contributed by atoms with E-state index < -0.39 is 11.8 Å². The number of likely N-dealkylation sites (N-methyl/N-ethyl adjacent to an activating group) is 1. The minimum atomic E-state index is -0.708. The second-order valence-corrected chi connectivity index (χ2v) is 7.29. The molecule has 30 heavy (non-hydrogen) atoms. The van der Waals surface area contributed by atoms with E-state index in [0.717, 1.165) is 43.9 Å². The summed E-state index contributed by atoms with van der Waals surface area (Å²) >= 11 is 0. The summed E-state index contributed by atoms with van der Waals surface area (Å²) in [5, 5.41) is 5.32. The van der Waals surface area contributed by atoms with Gasteiger partial charge in [0, 0.05) is 51.7 Å². The zero-order valence-corrected chi connectivity index (χ0v) is 17.2. The molecule has 1 saturated heterocycles. The predicted molar refractivity (Wildman–Crippen MR) is 112 cm³/mol. The van der Waals surface area contributed by atoms with E-state index in [1.807, 2.05) is 12.1 Å². The Morgan fingerprint density at radius 2 is 1.77 bits per heavy atom. The van der Waals surface area contributed by atoms with Crippen LogP contribution in [0.1, 0.15) is 24.1 Å². The van der Waals surface area contributed by atoms with E-state index in [2.05, 4.69) is 32.3 Å². The van der Waals surface area contributed by atoms with Crippen molar-refractivity contribution in [1.29, 1.82) is 0 Å². The molecule has 1 aromatic carbocycles. The molecule has 2 aromatic rings. The van der Waals surface area contributed by atoms with Gasteiger partial charge in [0.05, 0.1) is 6.04 Å². The average molecular weight is 413 g/mol. The molecule has 8 heteroatoms. The van der Waals surface area contributed by atoms with Crippen LogP contribution in [0.5, 0.6) is 0 Å². The zero-order valence-electron chi connectivity index (χ0n) is 17.2. The lowest BCUT2D eigenvalue weighted by molar-refractivity contribution is -0.139. The lowest BCUT2D eigenvalue weighted by atomic mass is 10.1. The number of hydrogen-bond acceptors (Lipinski definition) is 5. The van der Waals surface area contributed by atoms with Crippen molar-refractivity contribution in [2.45, 2.75) is 19.5 Å². The topological polar surface area (TPSA) is 77.6 Å². The molecule has 1 aliphatic rings. The van der Waals surface area contributed by atoms with Crippen LogP contribution in [0.3, 0.4) is 0 Å². The molecule has 2 amide bonds. The number of rotatable bonds is 7. The Labute approximate surface area is 176 Å². The number of nitrogens with one attached hydrogen (secondary N) is 2. The maximum Gasteiger partial charge on any atom is 0.309 e. The first-order chi connectivity index (χ1) is 14.6. The molecule has 0 saturated carbocycles. The summed E-state index contributed by atoms with van der Waals surface area (Å²) in [6, 6.07) is 9.60. The largest absolute Gasteiger partial charge is 0.346 e. The fourth-order valence-corrected chi connectivity index (χ4v) is 3.56. The SMILES string of the molecule is CCN1CCN(C(CNC(=O)C(=O)NCc2ccc(F)cc2)c2cccnc2)CC1. The molecule has 0 bridgehead atoms. The van der Waals surface area contributed by atoms with Gasteiger partial charge in [-0.25, -0.2) is 4.39 Å². The standard InChI is InChI=1S/C22H28FN5O2/c1-2-27-10-12-28(13-11-27)20(18-4-3-9-24-15-18)16-26-22(30)21(29)25-14-17-5-7-19(23)8-6-17/h3-9,15,20H,2,10-14,16H2,1H3,(H,25,29)(H,26,30). The quantitative estimate of drug-likeness (QED) is 0.670.